The fourth-order valence-corrected chi connectivity index (χ4v) is 5.04. The van der Waals surface area contributed by atoms with E-state index in [2.05, 4.69) is 14.8 Å². The number of aldehydes is 1. The molecule has 0 saturated heterocycles. The van der Waals surface area contributed by atoms with Gasteiger partial charge < -0.3 is 9.84 Å². The van der Waals surface area contributed by atoms with Crippen LogP contribution >= 0.6 is 11.7 Å². The number of cyclic esters (lactones) is 1. The highest BCUT2D eigenvalue weighted by atomic mass is 32.1. The fraction of sp³-hybridized carbons (Fsp3) is 0.0909. The maximum absolute atomic E-state index is 13.1. The number of ether oxygens (including phenoxy) is 1. The lowest BCUT2D eigenvalue weighted by Crippen LogP contribution is -2.29. The second-order valence-corrected chi connectivity index (χ2v) is 10.1. The van der Waals surface area contributed by atoms with E-state index in [1.807, 2.05) is 37.3 Å². The number of aliphatic hydroxyl groups is 1. The second-order valence-electron chi connectivity index (χ2n) is 9.56. The maximum Gasteiger partial charge on any atom is 0.342 e. The molecule has 0 aliphatic carbocycles. The molecular weight excluding hydrogens is 548 g/mol. The average molecular weight is 571 g/mol. The molecule has 0 fully saturated rings. The minimum Gasteiger partial charge on any atom is -0.421 e. The molecule has 0 radical (unpaired) electrons. The van der Waals surface area contributed by atoms with Gasteiger partial charge in [0.1, 0.15) is 17.3 Å². The van der Waals surface area contributed by atoms with Crippen molar-refractivity contribution in [1.82, 2.24) is 8.75 Å². The van der Waals surface area contributed by atoms with Gasteiger partial charge in [-0.3, -0.25) is 4.79 Å². The minimum atomic E-state index is -1.90. The van der Waals surface area contributed by atoms with Gasteiger partial charge in [0.15, 0.2) is 0 Å². The maximum atomic E-state index is 13.1. The van der Waals surface area contributed by atoms with Gasteiger partial charge in [0.25, 0.3) is 5.79 Å². The van der Waals surface area contributed by atoms with E-state index in [4.69, 9.17) is 15.3 Å². The van der Waals surface area contributed by atoms with Crippen molar-refractivity contribution in [3.8, 4) is 12.1 Å². The summed E-state index contributed by atoms with van der Waals surface area (Å²) in [5.41, 5.74) is 6.85. The lowest BCUT2D eigenvalue weighted by molar-refractivity contribution is -0.185. The first-order valence-electron chi connectivity index (χ1n) is 12.8. The molecule has 42 heavy (non-hydrogen) atoms. The van der Waals surface area contributed by atoms with Crippen molar-refractivity contribution >= 4 is 40.6 Å². The van der Waals surface area contributed by atoms with Crippen LogP contribution < -0.4 is 0 Å². The second kappa shape index (κ2) is 11.9. The predicted octanol–water partition coefficient (Wildman–Crippen LogP) is 5.64. The van der Waals surface area contributed by atoms with Gasteiger partial charge in [-0.25, -0.2) is 4.79 Å². The average Bonchev–Trinajstić information content (AvgIpc) is 3.59. The Morgan fingerprint density at radius 2 is 1.50 bits per heavy atom. The van der Waals surface area contributed by atoms with E-state index < -0.39 is 11.8 Å². The topological polar surface area (TPSA) is 137 Å². The van der Waals surface area contributed by atoms with Crippen LogP contribution in [0.15, 0.2) is 96.6 Å². The van der Waals surface area contributed by atoms with Gasteiger partial charge in [-0.05, 0) is 54.4 Å². The predicted molar refractivity (Wildman–Crippen MR) is 157 cm³/mol. The summed E-state index contributed by atoms with van der Waals surface area (Å²) >= 11 is 1.10. The van der Waals surface area contributed by atoms with Crippen LogP contribution in [-0.4, -0.2) is 26.1 Å². The number of aryl methyl sites for hydroxylation is 1. The molecule has 1 aromatic heterocycles. The molecule has 4 aromatic carbocycles. The number of hydrogen-bond donors (Lipinski definition) is 1. The quantitative estimate of drug-likeness (QED) is 0.212. The molecule has 9 heteroatoms. The molecule has 0 bridgehead atoms. The molecule has 5 aromatic rings. The van der Waals surface area contributed by atoms with Gasteiger partial charge in [0.2, 0.25) is 0 Å². The summed E-state index contributed by atoms with van der Waals surface area (Å²) in [6.45, 7) is 1.95. The zero-order valence-corrected chi connectivity index (χ0v) is 23.1. The number of benzene rings is 4. The van der Waals surface area contributed by atoms with Crippen LogP contribution in [0.4, 0.5) is 0 Å². The molecule has 1 aliphatic heterocycles. The van der Waals surface area contributed by atoms with Crippen LogP contribution in [0.2, 0.25) is 0 Å². The Labute approximate surface area is 245 Å². The van der Waals surface area contributed by atoms with E-state index in [0.29, 0.717) is 44.5 Å². The molecular formula is C33H22N4O4S. The third kappa shape index (κ3) is 5.70. The molecule has 8 nitrogen and oxygen atoms in total. The zero-order chi connectivity index (χ0) is 29.7. The number of carbonyl (C=O) groups excluding carboxylic acids is 2. The fourth-order valence-electron chi connectivity index (χ4n) is 4.53. The molecule has 0 spiro atoms. The van der Waals surface area contributed by atoms with Crippen molar-refractivity contribution in [3.05, 3.63) is 136 Å². The molecule has 6 rings (SSSR count). The summed E-state index contributed by atoms with van der Waals surface area (Å²) in [5, 5.41) is 29.1. The number of aromatic nitrogens is 2. The van der Waals surface area contributed by atoms with Crippen molar-refractivity contribution in [2.45, 2.75) is 19.1 Å². The standard InChI is InChI=1S/C25H17N3O3S.C8H5NO/c1-15-2-9-19(10-3-15)25(30)20(12-16-4-6-17(14-26)7-5-16)23(24(29)31-25)18-8-11-21-22(13-18)28-32-27-21;9-5-7-1-3-8(6-10)4-2-7/h2-11,13,30H,12H2,1H3;1-4,6H. The molecule has 2 heterocycles. The van der Waals surface area contributed by atoms with Gasteiger partial charge in [-0.1, -0.05) is 60.2 Å². The van der Waals surface area contributed by atoms with Crippen LogP contribution in [0.1, 0.15) is 43.7 Å². The van der Waals surface area contributed by atoms with Crippen molar-refractivity contribution in [3.63, 3.8) is 0 Å². The highest BCUT2D eigenvalue weighted by Crippen LogP contribution is 2.45. The third-order valence-corrected chi connectivity index (χ3v) is 7.34. The first-order chi connectivity index (χ1) is 20.3. The van der Waals surface area contributed by atoms with Crippen molar-refractivity contribution in [2.24, 2.45) is 0 Å². The van der Waals surface area contributed by atoms with Crippen molar-refractivity contribution in [1.29, 1.82) is 10.5 Å². The Balaban J connectivity index is 0.000000300. The van der Waals surface area contributed by atoms with Gasteiger partial charge >= 0.3 is 5.97 Å². The molecule has 0 amide bonds. The molecule has 1 atom stereocenters. The molecule has 1 N–H and O–H groups in total. The van der Waals surface area contributed by atoms with E-state index in [9.17, 15) is 14.7 Å². The van der Waals surface area contributed by atoms with E-state index >= 15 is 0 Å². The number of fused-ring (bicyclic) bond motifs is 1. The Morgan fingerprint density at radius 1 is 0.881 bits per heavy atom. The monoisotopic (exact) mass is 570 g/mol. The van der Waals surface area contributed by atoms with Crippen molar-refractivity contribution in [2.75, 3.05) is 0 Å². The Hall–Kier alpha value is -5.48. The number of esters is 1. The van der Waals surface area contributed by atoms with Crippen LogP contribution in [0.3, 0.4) is 0 Å². The zero-order valence-electron chi connectivity index (χ0n) is 22.3. The molecule has 1 aliphatic rings. The normalized spacial score (nSPS) is 15.8. The summed E-state index contributed by atoms with van der Waals surface area (Å²) in [6.07, 6.45) is 1.02. The lowest BCUT2D eigenvalue weighted by Gasteiger charge is -2.26. The first-order valence-corrected chi connectivity index (χ1v) is 13.5. The van der Waals surface area contributed by atoms with E-state index in [1.54, 1.807) is 66.7 Å². The Kier molecular flexibility index (Phi) is 7.98. The highest BCUT2D eigenvalue weighted by molar-refractivity contribution is 7.00. The van der Waals surface area contributed by atoms with E-state index in [0.717, 1.165) is 34.7 Å². The first kappa shape index (κ1) is 28.1. The SMILES string of the molecule is Cc1ccc(C2(O)OC(=O)C(c3ccc4nsnc4c3)=C2Cc2ccc(C#N)cc2)cc1.N#Cc1ccc(C=O)cc1. The van der Waals surface area contributed by atoms with E-state index in [1.165, 1.54) is 0 Å². The van der Waals surface area contributed by atoms with Gasteiger partial charge in [-0.15, -0.1) is 0 Å². The summed E-state index contributed by atoms with van der Waals surface area (Å²) in [6, 6.07) is 30.2. The summed E-state index contributed by atoms with van der Waals surface area (Å²) in [7, 11) is 0. The minimum absolute atomic E-state index is 0.268. The van der Waals surface area contributed by atoms with Crippen LogP contribution in [0, 0.1) is 29.6 Å². The van der Waals surface area contributed by atoms with Gasteiger partial charge in [0, 0.05) is 23.1 Å². The lowest BCUT2D eigenvalue weighted by atomic mass is 9.87. The van der Waals surface area contributed by atoms with Crippen LogP contribution in [0.5, 0.6) is 0 Å². The summed E-state index contributed by atoms with van der Waals surface area (Å²) in [5.74, 6) is -2.50. The van der Waals surface area contributed by atoms with Gasteiger partial charge in [0.05, 0.1) is 40.6 Å². The number of nitrogens with zero attached hydrogens (tertiary/aromatic N) is 4. The summed E-state index contributed by atoms with van der Waals surface area (Å²) in [4.78, 5) is 23.2. The molecule has 1 unspecified atom stereocenters. The number of carbonyl (C=O) groups is 2. The van der Waals surface area contributed by atoms with Gasteiger partial charge in [-0.2, -0.15) is 19.3 Å². The molecule has 204 valence electrons. The van der Waals surface area contributed by atoms with Crippen LogP contribution in [0.25, 0.3) is 16.6 Å². The Morgan fingerprint density at radius 3 is 2.12 bits per heavy atom. The number of rotatable bonds is 5. The van der Waals surface area contributed by atoms with Crippen LogP contribution in [-0.2, 0) is 21.7 Å². The smallest absolute Gasteiger partial charge is 0.342 e. The third-order valence-electron chi connectivity index (χ3n) is 6.78. The molecule has 0 saturated carbocycles. The largest absolute Gasteiger partial charge is 0.421 e. The number of nitriles is 2. The highest BCUT2D eigenvalue weighted by Gasteiger charge is 2.48. The van der Waals surface area contributed by atoms with E-state index in [-0.39, 0.29) is 6.42 Å². The Bertz CT molecular complexity index is 1900. The van der Waals surface area contributed by atoms with Crippen molar-refractivity contribution < 1.29 is 19.4 Å². The number of hydrogen-bond acceptors (Lipinski definition) is 9. The summed E-state index contributed by atoms with van der Waals surface area (Å²) < 4.78 is 14.1.